The maximum absolute atomic E-state index is 12.2. The first-order valence-electron chi connectivity index (χ1n) is 15.7. The maximum atomic E-state index is 12.2. The highest BCUT2D eigenvalue weighted by molar-refractivity contribution is 5.83. The number of piperidine rings is 1. The average Bonchev–Trinajstić information content (AvgIpc) is 3.33. The third-order valence-corrected chi connectivity index (χ3v) is 9.92. The predicted octanol–water partition coefficient (Wildman–Crippen LogP) is -2.02. The molecule has 2 aromatic rings. The van der Waals surface area contributed by atoms with E-state index in [4.69, 9.17) is 9.47 Å². The molecule has 0 radical (unpaired) electrons. The average molecular weight is 650 g/mol. The van der Waals surface area contributed by atoms with E-state index in [-0.39, 0.29) is 5.91 Å². The second-order valence-corrected chi connectivity index (χ2v) is 12.6. The molecule has 1 aliphatic carbocycles. The number of hydrogen-bond acceptors (Lipinski definition) is 11. The van der Waals surface area contributed by atoms with Gasteiger partial charge in [0.15, 0.2) is 0 Å². The Morgan fingerprint density at radius 1 is 0.723 bits per heavy atom. The topological polar surface area (TPSA) is 201 Å². The van der Waals surface area contributed by atoms with Crippen LogP contribution in [0.5, 0.6) is 0 Å². The van der Waals surface area contributed by atoms with Gasteiger partial charge in [-0.1, -0.05) is 35.8 Å². The number of carbonyl (C=O) groups excluding carboxylic acids is 1. The highest BCUT2D eigenvalue weighted by atomic mass is 16.5. The van der Waals surface area contributed by atoms with Gasteiger partial charge in [-0.2, -0.15) is 0 Å². The molecule has 2 aromatic carbocycles. The lowest BCUT2D eigenvalue weighted by Gasteiger charge is -2.40. The number of fused-ring (bicyclic) bond motifs is 5. The van der Waals surface area contributed by atoms with E-state index in [9.17, 15) is 45.6 Å². The van der Waals surface area contributed by atoms with E-state index in [0.717, 1.165) is 22.3 Å². The number of carbonyl (C=O) groups is 1. The number of hydrogen-bond donors (Lipinski definition) is 8. The molecular weight excluding hydrogens is 610 g/mol. The molecule has 6 rings (SSSR count). The van der Waals surface area contributed by atoms with Crippen LogP contribution in [-0.2, 0) is 19.7 Å². The molecule has 1 spiro atoms. The van der Waals surface area contributed by atoms with Crippen LogP contribution < -0.4 is 0 Å². The molecule has 12 nitrogen and oxygen atoms in total. The minimum atomic E-state index is -1.53. The number of likely N-dealkylation sites (tertiary alicyclic amines) is 1. The molecule has 7 unspecified atom stereocenters. The van der Waals surface area contributed by atoms with Crippen molar-refractivity contribution in [2.45, 2.75) is 86.2 Å². The Labute approximate surface area is 271 Å². The molecule has 47 heavy (non-hydrogen) atoms. The predicted molar refractivity (Wildman–Crippen MR) is 165 cm³/mol. The van der Waals surface area contributed by atoms with Gasteiger partial charge in [-0.25, -0.2) is 0 Å². The molecule has 1 amide bonds. The van der Waals surface area contributed by atoms with E-state index in [2.05, 4.69) is 23.7 Å². The van der Waals surface area contributed by atoms with Gasteiger partial charge in [0.2, 0.25) is 5.91 Å². The first-order chi connectivity index (χ1) is 22.5. The van der Waals surface area contributed by atoms with E-state index >= 15 is 0 Å². The summed E-state index contributed by atoms with van der Waals surface area (Å²) in [6.07, 6.45) is -12.0. The molecule has 8 N–H and O–H groups in total. The summed E-state index contributed by atoms with van der Waals surface area (Å²) in [5, 5.41) is 80.4. The zero-order valence-corrected chi connectivity index (χ0v) is 25.7. The van der Waals surface area contributed by atoms with Gasteiger partial charge >= 0.3 is 0 Å². The van der Waals surface area contributed by atoms with Crippen LogP contribution >= 0.6 is 0 Å². The fourth-order valence-electron chi connectivity index (χ4n) is 7.14. The van der Waals surface area contributed by atoms with Gasteiger partial charge in [0.05, 0.1) is 13.2 Å². The van der Waals surface area contributed by atoms with Crippen LogP contribution in [0.3, 0.4) is 0 Å². The highest BCUT2D eigenvalue weighted by Crippen LogP contribution is 2.54. The quantitative estimate of drug-likeness (QED) is 0.167. The lowest BCUT2D eigenvalue weighted by Crippen LogP contribution is -2.58. The van der Waals surface area contributed by atoms with Crippen molar-refractivity contribution < 1.29 is 55.1 Å². The van der Waals surface area contributed by atoms with Crippen molar-refractivity contribution >= 4 is 5.91 Å². The van der Waals surface area contributed by atoms with Gasteiger partial charge in [0.1, 0.15) is 61.0 Å². The van der Waals surface area contributed by atoms with E-state index in [1.165, 1.54) is 0 Å². The van der Waals surface area contributed by atoms with Gasteiger partial charge in [-0.05, 0) is 59.4 Å². The fraction of sp³-hybridized carbons (Fsp3) is 0.514. The Balaban J connectivity index is 1.34. The van der Waals surface area contributed by atoms with Crippen molar-refractivity contribution in [2.24, 2.45) is 0 Å². The van der Waals surface area contributed by atoms with Crippen molar-refractivity contribution in [3.8, 4) is 34.8 Å². The largest absolute Gasteiger partial charge is 0.394 e. The molecule has 250 valence electrons. The molecule has 0 saturated carbocycles. The Kier molecular flexibility index (Phi) is 9.46. The Bertz CT molecular complexity index is 1520. The SMILES string of the molecule is CC(=O)N1CCC2(CC1)c1cc(C#CC3OC(CO)[C@@H](O)C(O)C3O)ccc1-c1ccc(C#CC3OC(CO)[C@@H](O)C(O)[C@@H]3O)cc12. The minimum absolute atomic E-state index is 0.00316. The Morgan fingerprint density at radius 2 is 1.15 bits per heavy atom. The van der Waals surface area contributed by atoms with Crippen molar-refractivity contribution in [1.29, 1.82) is 0 Å². The van der Waals surface area contributed by atoms with Crippen molar-refractivity contribution in [2.75, 3.05) is 26.3 Å². The molecule has 0 bridgehead atoms. The van der Waals surface area contributed by atoms with Crippen molar-refractivity contribution in [3.63, 3.8) is 0 Å². The first kappa shape index (κ1) is 33.5. The molecule has 4 aliphatic rings. The molecule has 3 heterocycles. The third kappa shape index (κ3) is 5.96. The van der Waals surface area contributed by atoms with Gasteiger partial charge in [0.25, 0.3) is 0 Å². The fourth-order valence-corrected chi connectivity index (χ4v) is 7.14. The van der Waals surface area contributed by atoms with Crippen LogP contribution in [0, 0.1) is 23.7 Å². The van der Waals surface area contributed by atoms with Gasteiger partial charge in [0, 0.05) is 36.6 Å². The van der Waals surface area contributed by atoms with Gasteiger partial charge in [-0.3, -0.25) is 4.79 Å². The monoisotopic (exact) mass is 649 g/mol. The summed E-state index contributed by atoms with van der Waals surface area (Å²) >= 11 is 0. The molecular formula is C35H39NO11. The van der Waals surface area contributed by atoms with Crippen LogP contribution in [-0.4, -0.2) is 139 Å². The van der Waals surface area contributed by atoms with Crippen molar-refractivity contribution in [1.82, 2.24) is 4.90 Å². The highest BCUT2D eigenvalue weighted by Gasteiger charge is 2.47. The van der Waals surface area contributed by atoms with Crippen LogP contribution in [0.4, 0.5) is 0 Å². The Morgan fingerprint density at radius 3 is 1.53 bits per heavy atom. The molecule has 12 heteroatoms. The second-order valence-electron chi connectivity index (χ2n) is 12.6. The molecule has 3 fully saturated rings. The normalized spacial score (nSPS) is 34.0. The van der Waals surface area contributed by atoms with Crippen LogP contribution in [0.2, 0.25) is 0 Å². The molecule has 3 saturated heterocycles. The lowest BCUT2D eigenvalue weighted by molar-refractivity contribution is -0.214. The number of aliphatic hydroxyl groups excluding tert-OH is 8. The number of ether oxygens (including phenoxy) is 2. The smallest absolute Gasteiger partial charge is 0.219 e. The summed E-state index contributed by atoms with van der Waals surface area (Å²) in [6.45, 7) is 1.53. The standard InChI is InChI=1S/C35H39NO11/c1-18(39)36-12-10-35(11-13-36)23-14-19(4-8-25-29(40)33(44)31(42)27(16-37)46-25)2-6-21(23)22-7-3-20(15-24(22)35)5-9-26-30(41)34(45)32(43)28(17-38)47-26/h2-3,6-7,14-15,25-34,37-38,40-45H,10-13,16-17H2,1H3/t25?,26?,27?,28?,29-,30?,31-,32-,33?,34?/m1/s1. The van der Waals surface area contributed by atoms with Gasteiger partial charge < -0.3 is 55.2 Å². The van der Waals surface area contributed by atoms with Crippen LogP contribution in [0.25, 0.3) is 11.1 Å². The summed E-state index contributed by atoms with van der Waals surface area (Å²) in [5.74, 6) is 11.7. The molecule has 3 aliphatic heterocycles. The number of rotatable bonds is 2. The number of aliphatic hydroxyl groups is 8. The number of benzene rings is 2. The second kappa shape index (κ2) is 13.3. The van der Waals surface area contributed by atoms with Gasteiger partial charge in [-0.15, -0.1) is 0 Å². The van der Waals surface area contributed by atoms with E-state index in [1.807, 2.05) is 41.3 Å². The minimum Gasteiger partial charge on any atom is -0.394 e. The van der Waals surface area contributed by atoms with E-state index in [0.29, 0.717) is 37.1 Å². The summed E-state index contributed by atoms with van der Waals surface area (Å²) in [7, 11) is 0. The first-order valence-corrected chi connectivity index (χ1v) is 15.7. The summed E-state index contributed by atoms with van der Waals surface area (Å²) in [4.78, 5) is 14.0. The summed E-state index contributed by atoms with van der Waals surface area (Å²) in [5.41, 5.74) is 4.84. The van der Waals surface area contributed by atoms with E-state index in [1.54, 1.807) is 6.92 Å². The maximum Gasteiger partial charge on any atom is 0.219 e. The third-order valence-electron chi connectivity index (χ3n) is 9.92. The zero-order valence-electron chi connectivity index (χ0n) is 25.7. The molecule has 10 atom stereocenters. The van der Waals surface area contributed by atoms with E-state index < -0.39 is 79.7 Å². The number of nitrogens with zero attached hydrogens (tertiary/aromatic N) is 1. The van der Waals surface area contributed by atoms with Crippen molar-refractivity contribution in [3.05, 3.63) is 58.7 Å². The number of amides is 1. The summed E-state index contributed by atoms with van der Waals surface area (Å²) < 4.78 is 11.1. The molecule has 0 aromatic heterocycles. The Hall–Kier alpha value is -3.37. The van der Waals surface area contributed by atoms with Crippen LogP contribution in [0.15, 0.2) is 36.4 Å². The van der Waals surface area contributed by atoms with Crippen LogP contribution in [0.1, 0.15) is 42.0 Å². The summed E-state index contributed by atoms with van der Waals surface area (Å²) in [6, 6.07) is 11.6. The lowest BCUT2D eigenvalue weighted by atomic mass is 9.70. The zero-order chi connectivity index (χ0) is 33.6.